The van der Waals surface area contributed by atoms with Gasteiger partial charge in [-0.05, 0) is 36.6 Å². The summed E-state index contributed by atoms with van der Waals surface area (Å²) in [5.74, 6) is 0.445. The maximum absolute atomic E-state index is 13.1. The highest BCUT2D eigenvalue weighted by molar-refractivity contribution is 5.81. The number of carbonyl (C=O) groups is 1. The summed E-state index contributed by atoms with van der Waals surface area (Å²) in [6, 6.07) is 16.2. The number of ether oxygens (including phenoxy) is 1. The molecule has 0 radical (unpaired) electrons. The molecule has 1 aliphatic heterocycles. The number of rotatable bonds is 10. The van der Waals surface area contributed by atoms with Crippen LogP contribution in [0.25, 0.3) is 16.9 Å². The summed E-state index contributed by atoms with van der Waals surface area (Å²) in [4.78, 5) is 26.1. The molecule has 1 aliphatic rings. The van der Waals surface area contributed by atoms with Crippen LogP contribution in [-0.2, 0) is 16.0 Å². The third-order valence-corrected chi connectivity index (χ3v) is 6.35. The molecule has 9 heteroatoms. The van der Waals surface area contributed by atoms with Crippen molar-refractivity contribution < 1.29 is 14.5 Å². The molecule has 0 aliphatic carbocycles. The van der Waals surface area contributed by atoms with Gasteiger partial charge in [0.15, 0.2) is 0 Å². The van der Waals surface area contributed by atoms with E-state index in [-0.39, 0.29) is 24.1 Å². The van der Waals surface area contributed by atoms with Gasteiger partial charge in [0, 0.05) is 55.1 Å². The van der Waals surface area contributed by atoms with Crippen LogP contribution in [-0.4, -0.2) is 64.4 Å². The molecule has 0 bridgehead atoms. The lowest BCUT2D eigenvalue weighted by molar-refractivity contribution is -0.384. The summed E-state index contributed by atoms with van der Waals surface area (Å²) in [5, 5.41) is 18.9. The minimum Gasteiger partial charge on any atom is -0.379 e. The fourth-order valence-corrected chi connectivity index (χ4v) is 4.55. The number of nitro benzene ring substituents is 1. The Morgan fingerprint density at radius 2 is 1.81 bits per heavy atom. The van der Waals surface area contributed by atoms with Crippen LogP contribution < -0.4 is 5.32 Å². The first kappa shape index (κ1) is 25.5. The van der Waals surface area contributed by atoms with Gasteiger partial charge in [0.25, 0.3) is 5.69 Å². The molecule has 0 spiro atoms. The molecule has 1 atom stereocenters. The smallest absolute Gasteiger partial charge is 0.269 e. The van der Waals surface area contributed by atoms with Gasteiger partial charge in [0.2, 0.25) is 5.91 Å². The van der Waals surface area contributed by atoms with Crippen molar-refractivity contribution in [3.8, 4) is 16.9 Å². The van der Waals surface area contributed by atoms with Gasteiger partial charge < -0.3 is 10.1 Å². The van der Waals surface area contributed by atoms with E-state index in [4.69, 9.17) is 9.84 Å². The van der Waals surface area contributed by atoms with Gasteiger partial charge in [-0.1, -0.05) is 32.0 Å². The third-order valence-electron chi connectivity index (χ3n) is 6.35. The molecule has 1 aromatic heterocycles. The second-order valence-electron chi connectivity index (χ2n) is 9.50. The van der Waals surface area contributed by atoms with E-state index in [0.29, 0.717) is 18.2 Å². The lowest BCUT2D eigenvalue weighted by atomic mass is 10.0. The average Bonchev–Trinajstić information content (AvgIpc) is 3.31. The Morgan fingerprint density at radius 3 is 2.44 bits per heavy atom. The monoisotopic (exact) mass is 491 g/mol. The summed E-state index contributed by atoms with van der Waals surface area (Å²) in [7, 11) is 0. The van der Waals surface area contributed by atoms with Crippen molar-refractivity contribution >= 4 is 11.6 Å². The number of para-hydroxylation sites is 1. The van der Waals surface area contributed by atoms with E-state index in [1.165, 1.54) is 12.1 Å². The second kappa shape index (κ2) is 11.9. The lowest BCUT2D eigenvalue weighted by Crippen LogP contribution is -2.49. The molecular formula is C27H33N5O4. The maximum Gasteiger partial charge on any atom is 0.269 e. The molecule has 9 nitrogen and oxygen atoms in total. The highest BCUT2D eigenvalue weighted by atomic mass is 16.6. The molecule has 1 N–H and O–H groups in total. The number of non-ortho nitro benzene ring substituents is 1. The summed E-state index contributed by atoms with van der Waals surface area (Å²) in [5.41, 5.74) is 3.01. The molecule has 2 heterocycles. The molecule has 1 fully saturated rings. The Hall–Kier alpha value is -3.56. The predicted octanol–water partition coefficient (Wildman–Crippen LogP) is 3.85. The number of amides is 1. The Balaban J connectivity index is 1.52. The molecule has 1 saturated heterocycles. The van der Waals surface area contributed by atoms with E-state index < -0.39 is 4.92 Å². The van der Waals surface area contributed by atoms with E-state index in [2.05, 4.69) is 24.1 Å². The number of carbonyl (C=O) groups excluding carboxylic acids is 1. The molecule has 1 unspecified atom stereocenters. The van der Waals surface area contributed by atoms with Crippen LogP contribution >= 0.6 is 0 Å². The molecular weight excluding hydrogens is 458 g/mol. The topological polar surface area (TPSA) is 103 Å². The zero-order valence-electron chi connectivity index (χ0n) is 20.8. The van der Waals surface area contributed by atoms with Gasteiger partial charge in [0.05, 0.1) is 35.9 Å². The number of hydrogen-bond acceptors (Lipinski definition) is 6. The molecule has 4 rings (SSSR count). The van der Waals surface area contributed by atoms with Crippen molar-refractivity contribution in [1.82, 2.24) is 20.0 Å². The van der Waals surface area contributed by atoms with Gasteiger partial charge in [0.1, 0.15) is 0 Å². The first-order chi connectivity index (χ1) is 17.4. The zero-order chi connectivity index (χ0) is 25.5. The maximum atomic E-state index is 13.1. The van der Waals surface area contributed by atoms with Crippen molar-refractivity contribution in [2.75, 3.05) is 32.8 Å². The molecule has 2 aromatic carbocycles. The molecule has 190 valence electrons. The number of nitrogens with zero attached hydrogens (tertiary/aromatic N) is 4. The predicted molar refractivity (Wildman–Crippen MR) is 138 cm³/mol. The Morgan fingerprint density at radius 1 is 1.11 bits per heavy atom. The van der Waals surface area contributed by atoms with Crippen LogP contribution in [0.15, 0.2) is 60.8 Å². The number of hydrogen-bond donors (Lipinski definition) is 1. The van der Waals surface area contributed by atoms with Gasteiger partial charge in [-0.25, -0.2) is 4.68 Å². The minimum absolute atomic E-state index is 0.0137. The van der Waals surface area contributed by atoms with E-state index >= 15 is 0 Å². The Labute approximate surface area is 211 Å². The van der Waals surface area contributed by atoms with Crippen LogP contribution in [0.4, 0.5) is 5.69 Å². The Bertz CT molecular complexity index is 1150. The van der Waals surface area contributed by atoms with E-state index in [9.17, 15) is 14.9 Å². The van der Waals surface area contributed by atoms with Crippen LogP contribution in [0.1, 0.15) is 25.8 Å². The lowest BCUT2D eigenvalue weighted by Gasteiger charge is -2.35. The largest absolute Gasteiger partial charge is 0.379 e. The van der Waals surface area contributed by atoms with Gasteiger partial charge in [-0.2, -0.15) is 5.10 Å². The van der Waals surface area contributed by atoms with Crippen molar-refractivity contribution in [2.45, 2.75) is 32.7 Å². The van der Waals surface area contributed by atoms with Crippen LogP contribution in [0.3, 0.4) is 0 Å². The second-order valence-corrected chi connectivity index (χ2v) is 9.50. The number of benzene rings is 2. The average molecular weight is 492 g/mol. The van der Waals surface area contributed by atoms with Crippen molar-refractivity contribution in [3.05, 3.63) is 76.5 Å². The fraction of sp³-hybridized carbons (Fsp3) is 0.407. The van der Waals surface area contributed by atoms with Crippen LogP contribution in [0.2, 0.25) is 0 Å². The Kier molecular flexibility index (Phi) is 8.45. The normalized spacial score (nSPS) is 15.1. The van der Waals surface area contributed by atoms with Crippen molar-refractivity contribution in [3.63, 3.8) is 0 Å². The standard InChI is InChI=1S/C27H33N5O4/c1-20(2)16-25(30-12-14-36-15-13-30)18-28-26(33)17-22-19-31(23-6-4-3-5-7-23)29-27(22)21-8-10-24(11-9-21)32(34)35/h3-11,19-20,25H,12-18H2,1-2H3,(H,28,33). The zero-order valence-corrected chi connectivity index (χ0v) is 20.8. The summed E-state index contributed by atoms with van der Waals surface area (Å²) in [6.07, 6.45) is 3.02. The summed E-state index contributed by atoms with van der Waals surface area (Å²) < 4.78 is 7.24. The molecule has 36 heavy (non-hydrogen) atoms. The van der Waals surface area contributed by atoms with E-state index in [1.807, 2.05) is 36.5 Å². The number of nitrogens with one attached hydrogen (secondary N) is 1. The van der Waals surface area contributed by atoms with E-state index in [0.717, 1.165) is 49.5 Å². The van der Waals surface area contributed by atoms with Crippen molar-refractivity contribution in [1.29, 1.82) is 0 Å². The molecule has 3 aromatic rings. The molecule has 0 saturated carbocycles. The number of morpholine rings is 1. The fourth-order valence-electron chi connectivity index (χ4n) is 4.55. The van der Waals surface area contributed by atoms with Crippen molar-refractivity contribution in [2.24, 2.45) is 5.92 Å². The summed E-state index contributed by atoms with van der Waals surface area (Å²) in [6.45, 7) is 8.17. The highest BCUT2D eigenvalue weighted by Crippen LogP contribution is 2.26. The molecule has 1 amide bonds. The van der Waals surface area contributed by atoms with Crippen LogP contribution in [0.5, 0.6) is 0 Å². The van der Waals surface area contributed by atoms with E-state index in [1.54, 1.807) is 16.8 Å². The SMILES string of the molecule is CC(C)CC(CNC(=O)Cc1cn(-c2ccccc2)nc1-c1ccc([N+](=O)[O-])cc1)N1CCOCC1. The third kappa shape index (κ3) is 6.56. The number of nitro groups is 1. The summed E-state index contributed by atoms with van der Waals surface area (Å²) >= 11 is 0. The first-order valence-electron chi connectivity index (χ1n) is 12.4. The number of aromatic nitrogens is 2. The highest BCUT2D eigenvalue weighted by Gasteiger charge is 2.23. The van der Waals surface area contributed by atoms with Gasteiger partial charge >= 0.3 is 0 Å². The minimum atomic E-state index is -0.428. The van der Waals surface area contributed by atoms with Gasteiger partial charge in [-0.3, -0.25) is 19.8 Å². The first-order valence-corrected chi connectivity index (χ1v) is 12.4. The quantitative estimate of drug-likeness (QED) is 0.341. The van der Waals surface area contributed by atoms with Crippen LogP contribution in [0, 0.1) is 16.0 Å². The van der Waals surface area contributed by atoms with Gasteiger partial charge in [-0.15, -0.1) is 0 Å².